The summed E-state index contributed by atoms with van der Waals surface area (Å²) in [6, 6.07) is 18.0. The van der Waals surface area contributed by atoms with E-state index in [9.17, 15) is 13.2 Å². The molecule has 4 rings (SSSR count). The molecule has 1 amide bonds. The number of hydrogen-bond donors (Lipinski definition) is 0. The van der Waals surface area contributed by atoms with E-state index in [1.807, 2.05) is 54.6 Å². The van der Waals surface area contributed by atoms with Gasteiger partial charge < -0.3 is 4.90 Å². The SMILES string of the molecule is CS(=O)(=O)N1CCCN(C(=O)CCc2nc3ccccc3n2-c2ccccc2)CC1. The van der Waals surface area contributed by atoms with E-state index in [-0.39, 0.29) is 5.91 Å². The number of aromatic nitrogens is 2. The highest BCUT2D eigenvalue weighted by atomic mass is 32.2. The quantitative estimate of drug-likeness (QED) is 0.628. The summed E-state index contributed by atoms with van der Waals surface area (Å²) >= 11 is 0. The highest BCUT2D eigenvalue weighted by molar-refractivity contribution is 7.88. The summed E-state index contributed by atoms with van der Waals surface area (Å²) in [7, 11) is -3.22. The normalized spacial score (nSPS) is 16.0. The predicted molar refractivity (Wildman–Crippen MR) is 117 cm³/mol. The van der Waals surface area contributed by atoms with Crippen molar-refractivity contribution in [1.29, 1.82) is 0 Å². The van der Waals surface area contributed by atoms with Gasteiger partial charge in [0.15, 0.2) is 0 Å². The van der Waals surface area contributed by atoms with Crippen molar-refractivity contribution >= 4 is 27.0 Å². The Morgan fingerprint density at radius 2 is 1.70 bits per heavy atom. The fourth-order valence-corrected chi connectivity index (χ4v) is 4.83. The number of amides is 1. The molecule has 0 spiro atoms. The summed E-state index contributed by atoms with van der Waals surface area (Å²) < 4.78 is 27.2. The monoisotopic (exact) mass is 426 g/mol. The summed E-state index contributed by atoms with van der Waals surface area (Å²) in [6.45, 7) is 1.83. The van der Waals surface area contributed by atoms with Gasteiger partial charge in [0.25, 0.3) is 0 Å². The molecule has 7 nitrogen and oxygen atoms in total. The number of benzene rings is 2. The van der Waals surface area contributed by atoms with Crippen LogP contribution in [0, 0.1) is 0 Å². The van der Waals surface area contributed by atoms with Crippen LogP contribution in [0.1, 0.15) is 18.7 Å². The third-order valence-corrected chi connectivity index (χ3v) is 6.79. The number of aryl methyl sites for hydroxylation is 1. The number of hydrogen-bond acceptors (Lipinski definition) is 4. The van der Waals surface area contributed by atoms with Crippen molar-refractivity contribution < 1.29 is 13.2 Å². The molecule has 0 bridgehead atoms. The Labute approximate surface area is 177 Å². The van der Waals surface area contributed by atoms with Crippen LogP contribution in [0.15, 0.2) is 54.6 Å². The van der Waals surface area contributed by atoms with Crippen LogP contribution in [0.2, 0.25) is 0 Å². The average molecular weight is 427 g/mol. The van der Waals surface area contributed by atoms with E-state index in [0.717, 1.165) is 22.5 Å². The van der Waals surface area contributed by atoms with Crippen LogP contribution in [0.3, 0.4) is 0 Å². The molecule has 8 heteroatoms. The smallest absolute Gasteiger partial charge is 0.223 e. The van der Waals surface area contributed by atoms with Gasteiger partial charge in [0, 0.05) is 44.7 Å². The summed E-state index contributed by atoms with van der Waals surface area (Å²) in [5, 5.41) is 0. The molecule has 0 atom stereocenters. The lowest BCUT2D eigenvalue weighted by Crippen LogP contribution is -2.37. The van der Waals surface area contributed by atoms with Gasteiger partial charge in [-0.1, -0.05) is 30.3 Å². The maximum atomic E-state index is 12.9. The van der Waals surface area contributed by atoms with Crippen molar-refractivity contribution in [1.82, 2.24) is 18.8 Å². The molecule has 1 aliphatic rings. The van der Waals surface area contributed by atoms with E-state index in [0.29, 0.717) is 45.4 Å². The molecule has 0 N–H and O–H groups in total. The van der Waals surface area contributed by atoms with Gasteiger partial charge in [0.05, 0.1) is 17.3 Å². The fraction of sp³-hybridized carbons (Fsp3) is 0.364. The van der Waals surface area contributed by atoms with Crippen LogP contribution in [0.5, 0.6) is 0 Å². The first kappa shape index (κ1) is 20.6. The van der Waals surface area contributed by atoms with E-state index >= 15 is 0 Å². The maximum Gasteiger partial charge on any atom is 0.223 e. The Kier molecular flexibility index (Phi) is 5.87. The Bertz CT molecular complexity index is 1140. The zero-order valence-corrected chi connectivity index (χ0v) is 17.9. The number of para-hydroxylation sites is 3. The van der Waals surface area contributed by atoms with E-state index in [2.05, 4.69) is 4.57 Å². The molecular weight excluding hydrogens is 400 g/mol. The Morgan fingerprint density at radius 3 is 2.47 bits per heavy atom. The fourth-order valence-electron chi connectivity index (χ4n) is 3.96. The lowest BCUT2D eigenvalue weighted by atomic mass is 10.2. The van der Waals surface area contributed by atoms with Crippen LogP contribution in [-0.2, 0) is 21.2 Å². The maximum absolute atomic E-state index is 12.9. The standard InChI is InChI=1S/C22H26N4O3S/c1-30(28,29)25-15-7-14-24(16-17-25)22(27)13-12-21-23-19-10-5-6-11-20(19)26(21)18-8-3-2-4-9-18/h2-6,8-11H,7,12-17H2,1H3. The minimum absolute atomic E-state index is 0.0389. The Hall–Kier alpha value is -2.71. The molecule has 1 aromatic heterocycles. The highest BCUT2D eigenvalue weighted by Crippen LogP contribution is 2.22. The molecular formula is C22H26N4O3S. The predicted octanol–water partition coefficient (Wildman–Crippen LogP) is 2.45. The molecule has 158 valence electrons. The van der Waals surface area contributed by atoms with Gasteiger partial charge in [-0.25, -0.2) is 17.7 Å². The largest absolute Gasteiger partial charge is 0.341 e. The molecule has 0 aliphatic carbocycles. The van der Waals surface area contributed by atoms with E-state index in [1.54, 1.807) is 4.90 Å². The second kappa shape index (κ2) is 8.57. The number of carbonyl (C=O) groups is 1. The molecule has 1 fully saturated rings. The molecule has 0 saturated carbocycles. The lowest BCUT2D eigenvalue weighted by molar-refractivity contribution is -0.131. The van der Waals surface area contributed by atoms with E-state index in [1.165, 1.54) is 10.6 Å². The van der Waals surface area contributed by atoms with Crippen molar-refractivity contribution in [3.63, 3.8) is 0 Å². The molecule has 0 unspecified atom stereocenters. The number of rotatable bonds is 5. The average Bonchev–Trinajstić information content (AvgIpc) is 2.91. The van der Waals surface area contributed by atoms with Crippen molar-refractivity contribution in [3.8, 4) is 5.69 Å². The summed E-state index contributed by atoms with van der Waals surface area (Å²) in [4.78, 5) is 19.4. The van der Waals surface area contributed by atoms with E-state index < -0.39 is 10.0 Å². The van der Waals surface area contributed by atoms with E-state index in [4.69, 9.17) is 4.98 Å². The molecule has 0 radical (unpaired) electrons. The van der Waals surface area contributed by atoms with Crippen molar-refractivity contribution in [2.75, 3.05) is 32.4 Å². The van der Waals surface area contributed by atoms with Crippen LogP contribution in [0.25, 0.3) is 16.7 Å². The number of nitrogens with zero attached hydrogens (tertiary/aromatic N) is 4. The molecule has 2 heterocycles. The van der Waals surface area contributed by atoms with Gasteiger partial charge >= 0.3 is 0 Å². The Morgan fingerprint density at radius 1 is 0.967 bits per heavy atom. The van der Waals surface area contributed by atoms with Gasteiger partial charge in [-0.3, -0.25) is 9.36 Å². The third kappa shape index (κ3) is 4.39. The van der Waals surface area contributed by atoms with Gasteiger partial charge in [0.2, 0.25) is 15.9 Å². The molecule has 1 aliphatic heterocycles. The van der Waals surface area contributed by atoms with Gasteiger partial charge in [-0.2, -0.15) is 0 Å². The van der Waals surface area contributed by atoms with Crippen LogP contribution < -0.4 is 0 Å². The second-order valence-corrected chi connectivity index (χ2v) is 9.57. The lowest BCUT2D eigenvalue weighted by Gasteiger charge is -2.21. The third-order valence-electron chi connectivity index (χ3n) is 5.48. The van der Waals surface area contributed by atoms with Crippen LogP contribution in [0.4, 0.5) is 0 Å². The van der Waals surface area contributed by atoms with Gasteiger partial charge in [-0.15, -0.1) is 0 Å². The molecule has 2 aromatic carbocycles. The minimum Gasteiger partial charge on any atom is -0.341 e. The molecule has 30 heavy (non-hydrogen) atoms. The number of carbonyl (C=O) groups excluding carboxylic acids is 1. The second-order valence-electron chi connectivity index (χ2n) is 7.58. The topological polar surface area (TPSA) is 75.5 Å². The summed E-state index contributed by atoms with van der Waals surface area (Å²) in [5.74, 6) is 0.889. The molecule has 1 saturated heterocycles. The number of fused-ring (bicyclic) bond motifs is 1. The summed E-state index contributed by atoms with van der Waals surface area (Å²) in [5.41, 5.74) is 2.94. The van der Waals surface area contributed by atoms with Crippen LogP contribution >= 0.6 is 0 Å². The minimum atomic E-state index is -3.22. The van der Waals surface area contributed by atoms with Crippen molar-refractivity contribution in [2.24, 2.45) is 0 Å². The van der Waals surface area contributed by atoms with Crippen LogP contribution in [-0.4, -0.2) is 65.5 Å². The summed E-state index contributed by atoms with van der Waals surface area (Å²) in [6.07, 6.45) is 2.74. The zero-order chi connectivity index (χ0) is 21.1. The zero-order valence-electron chi connectivity index (χ0n) is 17.1. The van der Waals surface area contributed by atoms with Gasteiger partial charge in [0.1, 0.15) is 5.82 Å². The van der Waals surface area contributed by atoms with Gasteiger partial charge in [-0.05, 0) is 30.7 Å². The molecule has 3 aromatic rings. The first-order valence-corrected chi connectivity index (χ1v) is 12.0. The first-order valence-electron chi connectivity index (χ1n) is 10.2. The first-order chi connectivity index (χ1) is 14.4. The van der Waals surface area contributed by atoms with Crippen molar-refractivity contribution in [2.45, 2.75) is 19.3 Å². The highest BCUT2D eigenvalue weighted by Gasteiger charge is 2.24. The van der Waals surface area contributed by atoms with Crippen molar-refractivity contribution in [3.05, 3.63) is 60.4 Å². The number of imidazole rings is 1. The number of sulfonamides is 1. The Balaban J connectivity index is 1.51.